The summed E-state index contributed by atoms with van der Waals surface area (Å²) in [4.78, 5) is 29.2. The summed E-state index contributed by atoms with van der Waals surface area (Å²) in [6.07, 6.45) is 4.74. The highest BCUT2D eigenvalue weighted by Crippen LogP contribution is 2.39. The van der Waals surface area contributed by atoms with E-state index in [-0.39, 0.29) is 48.3 Å². The molecule has 0 N–H and O–H groups in total. The van der Waals surface area contributed by atoms with Crippen molar-refractivity contribution in [3.05, 3.63) is 71.3 Å². The van der Waals surface area contributed by atoms with Gasteiger partial charge in [0.05, 0.1) is 18.7 Å². The Balaban J connectivity index is 0.00000320. The molecule has 2 aromatic rings. The molecule has 0 amide bonds. The lowest BCUT2D eigenvalue weighted by molar-refractivity contribution is -0.938. The van der Waals surface area contributed by atoms with E-state index in [9.17, 15) is 18.4 Å². The maximum absolute atomic E-state index is 14.3. The second-order valence-electron chi connectivity index (χ2n) is 10.9. The van der Waals surface area contributed by atoms with Gasteiger partial charge in [-0.3, -0.25) is 9.69 Å². The summed E-state index contributed by atoms with van der Waals surface area (Å²) in [6, 6.07) is 13.0. The lowest BCUT2D eigenvalue weighted by atomic mass is 9.82. The number of fused-ring (bicyclic) bond motifs is 3. The lowest BCUT2D eigenvalue weighted by Gasteiger charge is -2.52. The number of hydrogen-bond acceptors (Lipinski definition) is 4. The van der Waals surface area contributed by atoms with Crippen molar-refractivity contribution in [2.24, 2.45) is 5.92 Å². The fourth-order valence-electron chi connectivity index (χ4n) is 6.47. The molecule has 4 aliphatic rings. The molecular weight excluding hydrogens is 498 g/mol. The van der Waals surface area contributed by atoms with Gasteiger partial charge in [0.25, 0.3) is 0 Å². The quantitative estimate of drug-likeness (QED) is 0.309. The van der Waals surface area contributed by atoms with Crippen LogP contribution >= 0.6 is 0 Å². The molecule has 37 heavy (non-hydrogen) atoms. The highest BCUT2D eigenvalue weighted by molar-refractivity contribution is 5.97. The molecule has 4 aliphatic heterocycles. The monoisotopic (exact) mass is 532 g/mol. The zero-order valence-electron chi connectivity index (χ0n) is 21.3. The number of Topliss-reactive ketones (excluding diaryl/α,β-unsaturated/α-hetero) is 1. The van der Waals surface area contributed by atoms with E-state index in [0.717, 1.165) is 69.6 Å². The van der Waals surface area contributed by atoms with Gasteiger partial charge in [0.2, 0.25) is 5.78 Å². The van der Waals surface area contributed by atoms with Gasteiger partial charge < -0.3 is 21.6 Å². The van der Waals surface area contributed by atoms with Crippen LogP contribution in [0.25, 0.3) is 0 Å². The highest BCUT2D eigenvalue weighted by atomic mass is 35.5. The van der Waals surface area contributed by atoms with E-state index in [2.05, 4.69) is 4.90 Å². The highest BCUT2D eigenvalue weighted by Gasteiger charge is 2.51. The third-order valence-electron chi connectivity index (χ3n) is 8.73. The van der Waals surface area contributed by atoms with Gasteiger partial charge in [0.1, 0.15) is 30.3 Å². The summed E-state index contributed by atoms with van der Waals surface area (Å²) >= 11 is 0. The Labute approximate surface area is 223 Å². The molecule has 4 heterocycles. The van der Waals surface area contributed by atoms with Gasteiger partial charge in [-0.2, -0.15) is 0 Å². The molecule has 0 spiro atoms. The first kappa shape index (κ1) is 27.7. The molecule has 2 atom stereocenters. The van der Waals surface area contributed by atoms with Crippen LogP contribution in [0.2, 0.25) is 0 Å². The van der Waals surface area contributed by atoms with Gasteiger partial charge in [-0.1, -0.05) is 36.8 Å². The summed E-state index contributed by atoms with van der Waals surface area (Å²) in [7, 11) is 0. The second kappa shape index (κ2) is 11.2. The third-order valence-corrected chi connectivity index (χ3v) is 8.73. The average Bonchev–Trinajstić information content (AvgIpc) is 2.89. The largest absolute Gasteiger partial charge is 1.00 e. The van der Waals surface area contributed by atoms with Gasteiger partial charge in [0, 0.05) is 24.8 Å². The van der Waals surface area contributed by atoms with Crippen molar-refractivity contribution >= 4 is 11.8 Å². The van der Waals surface area contributed by atoms with Crippen molar-refractivity contribution in [3.63, 3.8) is 0 Å². The molecule has 0 aromatic heterocycles. The Morgan fingerprint density at radius 3 is 2.35 bits per heavy atom. The summed E-state index contributed by atoms with van der Waals surface area (Å²) in [5, 5.41) is 0. The normalized spacial score (nSPS) is 27.1. The van der Waals surface area contributed by atoms with E-state index in [0.29, 0.717) is 11.0 Å². The minimum atomic E-state index is -0.869. The van der Waals surface area contributed by atoms with E-state index >= 15 is 0 Å². The fraction of sp³-hybridized carbons (Fsp3) is 0.517. The number of carbonyl (C=O) groups is 2. The zero-order chi connectivity index (χ0) is 25.3. The van der Waals surface area contributed by atoms with Crippen LogP contribution in [0.4, 0.5) is 8.78 Å². The Hall–Kier alpha value is -2.35. The van der Waals surface area contributed by atoms with Crippen molar-refractivity contribution in [2.45, 2.75) is 50.7 Å². The van der Waals surface area contributed by atoms with Crippen LogP contribution in [0.3, 0.4) is 0 Å². The van der Waals surface area contributed by atoms with E-state index in [1.54, 1.807) is 0 Å². The molecular formula is C29H35ClF2N2O3. The van der Waals surface area contributed by atoms with Crippen LogP contribution in [-0.4, -0.2) is 66.5 Å². The van der Waals surface area contributed by atoms with E-state index in [4.69, 9.17) is 4.74 Å². The average molecular weight is 533 g/mol. The topological polar surface area (TPSA) is 46.6 Å². The molecule has 0 radical (unpaired) electrons. The summed E-state index contributed by atoms with van der Waals surface area (Å²) < 4.78 is 34.4. The number of halogens is 3. The standard InChI is InChI=1S/C29H35F2N2O3.ClH/c1-29(22-8-4-2-5-9-22,32-14-6-3-7-15-32)28(35)36-27-20-33(16-12-21(27)13-17-33)19-26(34)24-11-10-23(30)18-25(24)31;/h2,4-5,8-11,18,21,27H,3,6-7,12-17,19-20H2,1H3;1H/q+1;/p-1/t21?,27-,29-,33?;/m0./s1. The predicted octanol–water partition coefficient (Wildman–Crippen LogP) is 1.71. The van der Waals surface area contributed by atoms with Gasteiger partial charge in [0.15, 0.2) is 6.10 Å². The Kier molecular flexibility index (Phi) is 8.36. The summed E-state index contributed by atoms with van der Waals surface area (Å²) in [5.41, 5.74) is -0.0121. The number of piperidine rings is 4. The molecule has 0 saturated carbocycles. The third kappa shape index (κ3) is 5.45. The van der Waals surface area contributed by atoms with Crippen LogP contribution in [-0.2, 0) is 15.1 Å². The molecule has 200 valence electrons. The van der Waals surface area contributed by atoms with Crippen LogP contribution in [0, 0.1) is 17.6 Å². The number of rotatable bonds is 7. The molecule has 8 heteroatoms. The first-order valence-corrected chi connectivity index (χ1v) is 13.2. The Morgan fingerprint density at radius 2 is 1.70 bits per heavy atom. The van der Waals surface area contributed by atoms with Crippen LogP contribution < -0.4 is 12.4 Å². The number of ether oxygens (including phenoxy) is 1. The smallest absolute Gasteiger partial charge is 0.331 e. The molecule has 4 saturated heterocycles. The summed E-state index contributed by atoms with van der Waals surface area (Å²) in [5.74, 6) is -1.82. The number of nitrogens with zero attached hydrogens (tertiary/aromatic N) is 2. The number of esters is 1. The maximum atomic E-state index is 14.3. The van der Waals surface area contributed by atoms with Gasteiger partial charge >= 0.3 is 5.97 Å². The molecule has 2 aromatic carbocycles. The number of quaternary nitrogens is 1. The van der Waals surface area contributed by atoms with Crippen molar-refractivity contribution in [1.82, 2.24) is 4.90 Å². The van der Waals surface area contributed by atoms with Gasteiger partial charge in [-0.05, 0) is 50.6 Å². The molecule has 5 nitrogen and oxygen atoms in total. The first-order valence-electron chi connectivity index (χ1n) is 13.2. The van der Waals surface area contributed by atoms with Crippen LogP contribution in [0.1, 0.15) is 54.9 Å². The number of ketones is 1. The molecule has 0 aliphatic carbocycles. The SMILES string of the molecule is C[C@@](C(=O)O[C@H]1C[N+]2(CC(=O)c3ccc(F)cc3F)CCC1CC2)(c1ccccc1)N1CCCCC1.[Cl-]. The number of hydrogen-bond donors (Lipinski definition) is 0. The maximum Gasteiger partial charge on any atom is 0.331 e. The van der Waals surface area contributed by atoms with Gasteiger partial charge in [-0.15, -0.1) is 0 Å². The first-order chi connectivity index (χ1) is 17.3. The fourth-order valence-corrected chi connectivity index (χ4v) is 6.47. The molecule has 4 fully saturated rings. The van der Waals surface area contributed by atoms with Crippen molar-refractivity contribution < 1.29 is 40.0 Å². The second-order valence-corrected chi connectivity index (χ2v) is 10.9. The van der Waals surface area contributed by atoms with E-state index in [1.165, 1.54) is 12.5 Å². The molecule has 2 bridgehead atoms. The van der Waals surface area contributed by atoms with E-state index in [1.807, 2.05) is 37.3 Å². The summed E-state index contributed by atoms with van der Waals surface area (Å²) in [6.45, 7) is 5.97. The number of carbonyl (C=O) groups excluding carboxylic acids is 2. The lowest BCUT2D eigenvalue weighted by Crippen LogP contribution is -3.00. The Morgan fingerprint density at radius 1 is 1.03 bits per heavy atom. The van der Waals surface area contributed by atoms with Crippen LogP contribution in [0.5, 0.6) is 0 Å². The number of benzene rings is 2. The van der Waals surface area contributed by atoms with Crippen molar-refractivity contribution in [1.29, 1.82) is 0 Å². The van der Waals surface area contributed by atoms with Crippen LogP contribution in [0.15, 0.2) is 48.5 Å². The minimum Gasteiger partial charge on any atom is -1.00 e. The molecule has 6 rings (SSSR count). The van der Waals surface area contributed by atoms with E-state index < -0.39 is 17.2 Å². The van der Waals surface area contributed by atoms with Crippen molar-refractivity contribution in [3.8, 4) is 0 Å². The predicted molar refractivity (Wildman–Crippen MR) is 132 cm³/mol. The molecule has 0 unspecified atom stereocenters. The Bertz CT molecular complexity index is 1120. The minimum absolute atomic E-state index is 0. The van der Waals surface area contributed by atoms with Crippen molar-refractivity contribution in [2.75, 3.05) is 39.3 Å². The number of likely N-dealkylation sites (tertiary alicyclic amines) is 1. The van der Waals surface area contributed by atoms with Gasteiger partial charge in [-0.25, -0.2) is 13.6 Å². The zero-order valence-corrected chi connectivity index (χ0v) is 22.1.